The van der Waals surface area contributed by atoms with Gasteiger partial charge in [-0.25, -0.2) is 0 Å². The zero-order valence-electron chi connectivity index (χ0n) is 11.1. The van der Waals surface area contributed by atoms with E-state index in [0.717, 1.165) is 43.3 Å². The fraction of sp³-hybridized carbons (Fsp3) is 0.278. The minimum atomic E-state index is 0.256. The summed E-state index contributed by atoms with van der Waals surface area (Å²) in [4.78, 5) is 12.5. The lowest BCUT2D eigenvalue weighted by Crippen LogP contribution is -2.13. The van der Waals surface area contributed by atoms with Crippen LogP contribution in [0.25, 0.3) is 0 Å². The van der Waals surface area contributed by atoms with E-state index in [-0.39, 0.29) is 5.78 Å². The number of allylic oxidation sites excluding steroid dienone is 12. The molecule has 0 N–H and O–H groups in total. The van der Waals surface area contributed by atoms with E-state index in [4.69, 9.17) is 0 Å². The van der Waals surface area contributed by atoms with Crippen LogP contribution in [0.3, 0.4) is 0 Å². The fourth-order valence-corrected chi connectivity index (χ4v) is 2.77. The maximum absolute atomic E-state index is 12.5. The van der Waals surface area contributed by atoms with Crippen molar-refractivity contribution in [3.63, 3.8) is 0 Å². The van der Waals surface area contributed by atoms with E-state index in [0.29, 0.717) is 0 Å². The number of hydrogen-bond acceptors (Lipinski definition) is 1. The summed E-state index contributed by atoms with van der Waals surface area (Å²) in [6.45, 7) is 0. The minimum absolute atomic E-state index is 0.256. The van der Waals surface area contributed by atoms with Crippen LogP contribution in [0, 0.1) is 0 Å². The first-order chi connectivity index (χ1) is 9.33. The van der Waals surface area contributed by atoms with Gasteiger partial charge >= 0.3 is 0 Å². The highest BCUT2D eigenvalue weighted by atomic mass is 16.1. The largest absolute Gasteiger partial charge is 0.289 e. The molecule has 1 heteroatoms. The van der Waals surface area contributed by atoms with Crippen LogP contribution in [0.5, 0.6) is 0 Å². The molecule has 0 aromatic heterocycles. The van der Waals surface area contributed by atoms with E-state index in [2.05, 4.69) is 48.6 Å². The molecule has 0 spiro atoms. The fourth-order valence-electron chi connectivity index (χ4n) is 2.77. The zero-order chi connectivity index (χ0) is 13.1. The minimum Gasteiger partial charge on any atom is -0.289 e. The Labute approximate surface area is 114 Å². The van der Waals surface area contributed by atoms with Crippen LogP contribution in [-0.4, -0.2) is 5.78 Å². The first-order valence-electron chi connectivity index (χ1n) is 7.00. The van der Waals surface area contributed by atoms with Crippen LogP contribution >= 0.6 is 0 Å². The van der Waals surface area contributed by atoms with E-state index < -0.39 is 0 Å². The van der Waals surface area contributed by atoms with Gasteiger partial charge in [-0.1, -0.05) is 48.6 Å². The Bertz CT molecular complexity index is 527. The summed E-state index contributed by atoms with van der Waals surface area (Å²) in [6, 6.07) is 0. The van der Waals surface area contributed by atoms with Crippen LogP contribution in [0.1, 0.15) is 32.1 Å². The second kappa shape index (κ2) is 5.40. The van der Waals surface area contributed by atoms with Gasteiger partial charge in [-0.05, 0) is 43.3 Å². The lowest BCUT2D eigenvalue weighted by atomic mass is 9.86. The van der Waals surface area contributed by atoms with E-state index in [1.165, 1.54) is 11.1 Å². The van der Waals surface area contributed by atoms with Gasteiger partial charge in [0.05, 0.1) is 0 Å². The van der Waals surface area contributed by atoms with Crippen LogP contribution in [0.2, 0.25) is 0 Å². The van der Waals surface area contributed by atoms with Crippen molar-refractivity contribution < 1.29 is 4.79 Å². The number of ketones is 1. The molecule has 3 aliphatic rings. The summed E-state index contributed by atoms with van der Waals surface area (Å²) >= 11 is 0. The smallest absolute Gasteiger partial charge is 0.185 e. The number of carbonyl (C=O) groups is 1. The molecule has 1 nitrogen and oxygen atoms in total. The topological polar surface area (TPSA) is 17.1 Å². The molecule has 3 rings (SSSR count). The lowest BCUT2D eigenvalue weighted by Gasteiger charge is -2.17. The van der Waals surface area contributed by atoms with Gasteiger partial charge in [0, 0.05) is 11.1 Å². The van der Waals surface area contributed by atoms with Crippen molar-refractivity contribution in [2.24, 2.45) is 0 Å². The van der Waals surface area contributed by atoms with Crippen molar-refractivity contribution >= 4 is 5.78 Å². The monoisotopic (exact) mass is 250 g/mol. The molecule has 19 heavy (non-hydrogen) atoms. The maximum Gasteiger partial charge on any atom is 0.185 e. The number of rotatable bonds is 2. The molecule has 0 radical (unpaired) electrons. The zero-order valence-corrected chi connectivity index (χ0v) is 11.1. The highest BCUT2D eigenvalue weighted by Crippen LogP contribution is 2.28. The second-order valence-corrected chi connectivity index (χ2v) is 5.27. The summed E-state index contributed by atoms with van der Waals surface area (Å²) < 4.78 is 0. The molecule has 1 saturated carbocycles. The molecule has 0 amide bonds. The van der Waals surface area contributed by atoms with E-state index in [1.54, 1.807) is 0 Å². The van der Waals surface area contributed by atoms with Gasteiger partial charge < -0.3 is 0 Å². The van der Waals surface area contributed by atoms with E-state index in [9.17, 15) is 4.79 Å². The standard InChI is InChI=1S/C18H18O/c19-18-16(12-14-6-1-2-7-14)10-5-11-17(18)13-15-8-3-4-9-15/h1-4,6,8,12-13H,5,7,9-11H2/b16-12-,17-13+. The predicted molar refractivity (Wildman–Crippen MR) is 78.7 cm³/mol. The molecule has 0 heterocycles. The summed E-state index contributed by atoms with van der Waals surface area (Å²) in [7, 11) is 0. The first kappa shape index (κ1) is 12.2. The summed E-state index contributed by atoms with van der Waals surface area (Å²) in [5, 5.41) is 0. The molecule has 0 bridgehead atoms. The third kappa shape index (κ3) is 2.76. The van der Waals surface area contributed by atoms with Crippen LogP contribution < -0.4 is 0 Å². The Morgan fingerprint density at radius 3 is 1.79 bits per heavy atom. The SMILES string of the molecule is O=C1/C(=C\C2=CC=CC2)CCC/C1=C\C1=CC=CC1. The summed E-state index contributed by atoms with van der Waals surface area (Å²) in [5.41, 5.74) is 4.48. The molecule has 0 unspecified atom stereocenters. The van der Waals surface area contributed by atoms with E-state index >= 15 is 0 Å². The Balaban J connectivity index is 1.79. The van der Waals surface area contributed by atoms with Gasteiger partial charge in [0.2, 0.25) is 0 Å². The molecule has 1 fully saturated rings. The average molecular weight is 250 g/mol. The van der Waals surface area contributed by atoms with Gasteiger partial charge in [0.1, 0.15) is 0 Å². The van der Waals surface area contributed by atoms with Crippen LogP contribution in [0.4, 0.5) is 0 Å². The summed E-state index contributed by atoms with van der Waals surface area (Å²) in [6.07, 6.45) is 21.6. The Morgan fingerprint density at radius 1 is 0.842 bits per heavy atom. The van der Waals surface area contributed by atoms with Gasteiger partial charge in [0.25, 0.3) is 0 Å². The van der Waals surface area contributed by atoms with E-state index in [1.807, 2.05) is 0 Å². The van der Waals surface area contributed by atoms with Crippen molar-refractivity contribution in [1.29, 1.82) is 0 Å². The Hall–Kier alpha value is -1.89. The predicted octanol–water partition coefficient (Wildman–Crippen LogP) is 4.36. The molecule has 0 atom stereocenters. The van der Waals surface area contributed by atoms with Crippen molar-refractivity contribution in [3.8, 4) is 0 Å². The Kier molecular flexibility index (Phi) is 3.45. The second-order valence-electron chi connectivity index (χ2n) is 5.27. The molecule has 0 saturated heterocycles. The molecular weight excluding hydrogens is 232 g/mol. The normalized spacial score (nSPS) is 26.4. The quantitative estimate of drug-likeness (QED) is 0.665. The molecule has 96 valence electrons. The number of Topliss-reactive ketones (excluding diaryl/α,β-unsaturated/α-hetero) is 1. The van der Waals surface area contributed by atoms with Gasteiger partial charge in [-0.3, -0.25) is 4.79 Å². The third-order valence-corrected chi connectivity index (χ3v) is 3.79. The van der Waals surface area contributed by atoms with Crippen LogP contribution in [-0.2, 0) is 4.79 Å². The number of carbonyl (C=O) groups excluding carboxylic acids is 1. The molecule has 0 aromatic carbocycles. The van der Waals surface area contributed by atoms with Crippen LogP contribution in [0.15, 0.2) is 70.9 Å². The molecule has 3 aliphatic carbocycles. The lowest BCUT2D eigenvalue weighted by molar-refractivity contribution is -0.113. The van der Waals surface area contributed by atoms with Crippen molar-refractivity contribution in [2.45, 2.75) is 32.1 Å². The van der Waals surface area contributed by atoms with Gasteiger partial charge in [-0.15, -0.1) is 0 Å². The van der Waals surface area contributed by atoms with Crippen molar-refractivity contribution in [3.05, 3.63) is 70.9 Å². The van der Waals surface area contributed by atoms with Crippen molar-refractivity contribution in [2.75, 3.05) is 0 Å². The van der Waals surface area contributed by atoms with Gasteiger partial charge in [0.15, 0.2) is 5.78 Å². The first-order valence-corrected chi connectivity index (χ1v) is 7.00. The third-order valence-electron chi connectivity index (χ3n) is 3.79. The highest BCUT2D eigenvalue weighted by molar-refractivity contribution is 6.09. The highest BCUT2D eigenvalue weighted by Gasteiger charge is 2.21. The number of hydrogen-bond donors (Lipinski definition) is 0. The maximum atomic E-state index is 12.5. The van der Waals surface area contributed by atoms with Gasteiger partial charge in [-0.2, -0.15) is 0 Å². The Morgan fingerprint density at radius 2 is 1.37 bits per heavy atom. The molecular formula is C18H18O. The molecule has 0 aliphatic heterocycles. The molecule has 0 aromatic rings. The summed E-state index contributed by atoms with van der Waals surface area (Å²) in [5.74, 6) is 0.256. The average Bonchev–Trinajstić information content (AvgIpc) is 3.07. The van der Waals surface area contributed by atoms with Crippen molar-refractivity contribution in [1.82, 2.24) is 0 Å².